The summed E-state index contributed by atoms with van der Waals surface area (Å²) in [5.74, 6) is -0.379. The number of hydrogen-bond acceptors (Lipinski definition) is 7. The maximum Gasteiger partial charge on any atom is 0.328 e. The summed E-state index contributed by atoms with van der Waals surface area (Å²) in [5.41, 5.74) is 8.15. The fourth-order valence-electron chi connectivity index (χ4n) is 6.42. The summed E-state index contributed by atoms with van der Waals surface area (Å²) in [6.07, 6.45) is 5.03. The first-order chi connectivity index (χ1) is 21.2. The molecule has 1 saturated heterocycles. The van der Waals surface area contributed by atoms with Crippen molar-refractivity contribution in [2.24, 2.45) is 11.1 Å². The number of oxime groups is 1. The van der Waals surface area contributed by atoms with Crippen LogP contribution in [0.1, 0.15) is 83.2 Å². The largest absolute Gasteiger partial charge is 0.467 e. The second kappa shape index (κ2) is 13.6. The van der Waals surface area contributed by atoms with E-state index in [4.69, 9.17) is 14.6 Å². The smallest absolute Gasteiger partial charge is 0.328 e. The van der Waals surface area contributed by atoms with Gasteiger partial charge in [-0.05, 0) is 94.2 Å². The number of methoxy groups -OCH3 is 1. The van der Waals surface area contributed by atoms with E-state index in [1.165, 1.54) is 18.4 Å². The molecule has 3 heterocycles. The molecule has 4 atom stereocenters. The number of rotatable bonds is 8. The standard InChI is InChI=1S/C36H44N4O4/c1-23-9-14-29(15-10-23)34-24(2)11-18-32(36(42)43-6)40(34)35(41)30-16-12-28(13-17-30)21-37-44-26(4)22-39-19-7-8-31-33(39)20-25(3)27(5)38-31/h9-10,12-17,20-21,24,26,32,34H,7-8,11,18-19,22H2,1-6H3/b37-21-/t24-,26-,32-,34-/m0/s1. The summed E-state index contributed by atoms with van der Waals surface area (Å²) in [6.45, 7) is 12.1. The molecule has 0 saturated carbocycles. The van der Waals surface area contributed by atoms with Crippen LogP contribution in [0.4, 0.5) is 5.69 Å². The molecule has 0 spiro atoms. The second-order valence-corrected chi connectivity index (χ2v) is 12.3. The number of aromatic nitrogens is 1. The Kier molecular flexibility index (Phi) is 9.67. The van der Waals surface area contributed by atoms with Crippen LogP contribution in [0.5, 0.6) is 0 Å². The molecule has 0 N–H and O–H groups in total. The van der Waals surface area contributed by atoms with Gasteiger partial charge >= 0.3 is 5.97 Å². The highest BCUT2D eigenvalue weighted by Gasteiger charge is 2.43. The van der Waals surface area contributed by atoms with Gasteiger partial charge in [-0.3, -0.25) is 9.78 Å². The predicted molar refractivity (Wildman–Crippen MR) is 173 cm³/mol. The van der Waals surface area contributed by atoms with E-state index < -0.39 is 6.04 Å². The Morgan fingerprint density at radius 3 is 2.50 bits per heavy atom. The van der Waals surface area contributed by atoms with Gasteiger partial charge in [-0.2, -0.15) is 0 Å². The van der Waals surface area contributed by atoms with Crippen LogP contribution in [0.2, 0.25) is 0 Å². The van der Waals surface area contributed by atoms with Crippen molar-refractivity contribution >= 4 is 23.8 Å². The number of carbonyl (C=O) groups is 2. The lowest BCUT2D eigenvalue weighted by Gasteiger charge is -2.44. The van der Waals surface area contributed by atoms with E-state index in [9.17, 15) is 9.59 Å². The van der Waals surface area contributed by atoms with E-state index in [0.29, 0.717) is 12.0 Å². The zero-order valence-corrected chi connectivity index (χ0v) is 26.7. The van der Waals surface area contributed by atoms with Gasteiger partial charge in [0.05, 0.1) is 37.3 Å². The molecule has 5 rings (SSSR count). The molecule has 3 aromatic rings. The van der Waals surface area contributed by atoms with E-state index in [1.54, 1.807) is 23.2 Å². The molecule has 1 fully saturated rings. The van der Waals surface area contributed by atoms with Crippen molar-refractivity contribution < 1.29 is 19.2 Å². The van der Waals surface area contributed by atoms with Crippen molar-refractivity contribution in [3.05, 3.63) is 93.8 Å². The van der Waals surface area contributed by atoms with E-state index in [0.717, 1.165) is 60.4 Å². The van der Waals surface area contributed by atoms with Gasteiger partial charge in [0.2, 0.25) is 0 Å². The Labute approximate surface area is 261 Å². The van der Waals surface area contributed by atoms with Crippen molar-refractivity contribution in [1.82, 2.24) is 9.88 Å². The molecule has 2 aromatic carbocycles. The summed E-state index contributed by atoms with van der Waals surface area (Å²) < 4.78 is 5.13. The van der Waals surface area contributed by atoms with Gasteiger partial charge in [-0.1, -0.05) is 54.0 Å². The van der Waals surface area contributed by atoms with Crippen LogP contribution in [0.25, 0.3) is 0 Å². The monoisotopic (exact) mass is 596 g/mol. The first-order valence-electron chi connectivity index (χ1n) is 15.6. The second-order valence-electron chi connectivity index (χ2n) is 12.3. The molecular weight excluding hydrogens is 552 g/mol. The zero-order valence-electron chi connectivity index (χ0n) is 26.7. The Morgan fingerprint density at radius 1 is 1.07 bits per heavy atom. The number of benzene rings is 2. The number of esters is 1. The van der Waals surface area contributed by atoms with Gasteiger partial charge in [-0.15, -0.1) is 0 Å². The Hall–Kier alpha value is -4.20. The highest BCUT2D eigenvalue weighted by molar-refractivity contribution is 5.98. The molecule has 2 aliphatic heterocycles. The number of piperidine rings is 1. The van der Waals surface area contributed by atoms with Gasteiger partial charge < -0.3 is 19.4 Å². The average molecular weight is 597 g/mol. The van der Waals surface area contributed by atoms with E-state index in [-0.39, 0.29) is 29.9 Å². The van der Waals surface area contributed by atoms with Crippen LogP contribution in [0.15, 0.2) is 59.8 Å². The molecule has 0 aliphatic carbocycles. The molecule has 44 heavy (non-hydrogen) atoms. The maximum atomic E-state index is 14.0. The minimum Gasteiger partial charge on any atom is -0.467 e. The first-order valence-corrected chi connectivity index (χ1v) is 15.6. The van der Waals surface area contributed by atoms with Gasteiger partial charge in [0, 0.05) is 17.8 Å². The van der Waals surface area contributed by atoms with Crippen LogP contribution < -0.4 is 4.90 Å². The molecule has 8 nitrogen and oxygen atoms in total. The van der Waals surface area contributed by atoms with Gasteiger partial charge in [0.1, 0.15) is 12.1 Å². The number of ether oxygens (including phenoxy) is 1. The van der Waals surface area contributed by atoms with Crippen molar-refractivity contribution in [1.29, 1.82) is 0 Å². The Balaban J connectivity index is 1.26. The van der Waals surface area contributed by atoms with Crippen LogP contribution in [-0.2, 0) is 20.8 Å². The van der Waals surface area contributed by atoms with Crippen LogP contribution in [-0.4, -0.2) is 60.3 Å². The fraction of sp³-hybridized carbons (Fsp3) is 0.444. The third-order valence-corrected chi connectivity index (χ3v) is 8.98. The molecule has 2 aliphatic rings. The van der Waals surface area contributed by atoms with Crippen molar-refractivity contribution in [2.75, 3.05) is 25.1 Å². The number of likely N-dealkylation sites (tertiary alicyclic amines) is 1. The van der Waals surface area contributed by atoms with Crippen molar-refractivity contribution in [3.8, 4) is 0 Å². The molecular formula is C36H44N4O4. The van der Waals surface area contributed by atoms with Gasteiger partial charge in [0.25, 0.3) is 5.91 Å². The SMILES string of the molecule is COC(=O)[C@@H]1CC[C@H](C)[C@@H](c2ccc(C)cc2)N1C(=O)c1ccc(/C=N\O[C@@H](C)CN2CCCc3nc(C)c(C)cc32)cc1. The van der Waals surface area contributed by atoms with Crippen molar-refractivity contribution in [3.63, 3.8) is 0 Å². The minimum absolute atomic E-state index is 0.116. The van der Waals surface area contributed by atoms with Gasteiger partial charge in [-0.25, -0.2) is 4.79 Å². The molecule has 0 unspecified atom stereocenters. The average Bonchev–Trinajstić information content (AvgIpc) is 3.02. The molecule has 0 bridgehead atoms. The lowest BCUT2D eigenvalue weighted by molar-refractivity contribution is -0.149. The number of nitrogens with zero attached hydrogens (tertiary/aromatic N) is 4. The lowest BCUT2D eigenvalue weighted by Crippen LogP contribution is -2.52. The fourth-order valence-corrected chi connectivity index (χ4v) is 6.42. The molecule has 0 radical (unpaired) electrons. The third kappa shape index (κ3) is 6.79. The van der Waals surface area contributed by atoms with Crippen LogP contribution in [0, 0.1) is 26.7 Å². The summed E-state index contributed by atoms with van der Waals surface area (Å²) in [5, 5.41) is 4.25. The number of pyridine rings is 1. The lowest BCUT2D eigenvalue weighted by atomic mass is 9.82. The van der Waals surface area contributed by atoms with Gasteiger partial charge in [0.15, 0.2) is 0 Å². The number of aryl methyl sites for hydroxylation is 4. The quantitative estimate of drug-likeness (QED) is 0.171. The number of carbonyl (C=O) groups excluding carboxylic acids is 2. The summed E-state index contributed by atoms with van der Waals surface area (Å²) in [7, 11) is 1.38. The normalized spacial score (nSPS) is 20.7. The Morgan fingerprint density at radius 2 is 1.80 bits per heavy atom. The van der Waals surface area contributed by atoms with E-state index in [2.05, 4.69) is 49.0 Å². The van der Waals surface area contributed by atoms with E-state index >= 15 is 0 Å². The third-order valence-electron chi connectivity index (χ3n) is 8.98. The first kappa shape index (κ1) is 31.2. The summed E-state index contributed by atoms with van der Waals surface area (Å²) >= 11 is 0. The molecule has 8 heteroatoms. The Bertz CT molecular complexity index is 1500. The number of hydrogen-bond donors (Lipinski definition) is 0. The summed E-state index contributed by atoms with van der Waals surface area (Å²) in [6, 6.07) is 16.9. The highest BCUT2D eigenvalue weighted by Crippen LogP contribution is 2.40. The number of anilines is 1. The number of fused-ring (bicyclic) bond motifs is 1. The topological polar surface area (TPSA) is 84.3 Å². The zero-order chi connectivity index (χ0) is 31.4. The van der Waals surface area contributed by atoms with Crippen LogP contribution >= 0.6 is 0 Å². The van der Waals surface area contributed by atoms with E-state index in [1.807, 2.05) is 38.1 Å². The molecule has 232 valence electrons. The number of amides is 1. The molecule has 1 aromatic heterocycles. The minimum atomic E-state index is -0.637. The van der Waals surface area contributed by atoms with Crippen LogP contribution in [0.3, 0.4) is 0 Å². The summed E-state index contributed by atoms with van der Waals surface area (Å²) in [4.78, 5) is 41.5. The maximum absolute atomic E-state index is 14.0. The highest BCUT2D eigenvalue weighted by atomic mass is 16.6. The predicted octanol–water partition coefficient (Wildman–Crippen LogP) is 6.35. The van der Waals surface area contributed by atoms with Crippen molar-refractivity contribution in [2.45, 2.75) is 78.5 Å². The molecule has 1 amide bonds.